The number of benzene rings is 1. The lowest BCUT2D eigenvalue weighted by molar-refractivity contribution is 0.0730. The largest absolute Gasteiger partial charge is 0.379 e. The summed E-state index contributed by atoms with van der Waals surface area (Å²) in [5.74, 6) is 0.591. The maximum Gasteiger partial charge on any atom is 0.244 e. The smallest absolute Gasteiger partial charge is 0.244 e. The van der Waals surface area contributed by atoms with E-state index in [2.05, 4.69) is 10.3 Å². The summed E-state index contributed by atoms with van der Waals surface area (Å²) in [6.07, 6.45) is 1.38. The van der Waals surface area contributed by atoms with E-state index in [4.69, 9.17) is 16.3 Å². The van der Waals surface area contributed by atoms with Gasteiger partial charge in [-0.1, -0.05) is 29.8 Å². The van der Waals surface area contributed by atoms with Crippen molar-refractivity contribution in [2.75, 3.05) is 31.6 Å². The minimum absolute atomic E-state index is 0.0529. The Kier molecular flexibility index (Phi) is 5.58. The Morgan fingerprint density at radius 2 is 1.92 bits per heavy atom. The van der Waals surface area contributed by atoms with Gasteiger partial charge < -0.3 is 10.1 Å². The molecule has 1 N–H and O–H groups in total. The zero-order valence-corrected chi connectivity index (χ0v) is 15.4. The van der Waals surface area contributed by atoms with E-state index in [0.717, 1.165) is 5.56 Å². The lowest BCUT2D eigenvalue weighted by Gasteiger charge is -2.26. The van der Waals surface area contributed by atoms with Gasteiger partial charge >= 0.3 is 0 Å². The average molecular weight is 382 g/mol. The van der Waals surface area contributed by atoms with Crippen LogP contribution in [0.4, 0.5) is 5.82 Å². The van der Waals surface area contributed by atoms with Gasteiger partial charge in [0.05, 0.1) is 19.3 Å². The van der Waals surface area contributed by atoms with Crippen molar-refractivity contribution in [2.24, 2.45) is 0 Å². The molecule has 1 saturated heterocycles. The fourth-order valence-corrected chi connectivity index (χ4v) is 4.33. The van der Waals surface area contributed by atoms with E-state index in [9.17, 15) is 8.42 Å². The summed E-state index contributed by atoms with van der Waals surface area (Å²) in [6, 6.07) is 10.8. The molecule has 3 rings (SSSR count). The average Bonchev–Trinajstić information content (AvgIpc) is 2.63. The van der Waals surface area contributed by atoms with Crippen molar-refractivity contribution in [1.29, 1.82) is 0 Å². The SMILES string of the molecule is C[C@@H](Nc1ccc(S(=O)(=O)N2CCOCC2)cn1)c1ccccc1Cl. The standard InChI is InChI=1S/C17H20ClN3O3S/c1-13(15-4-2-3-5-16(15)18)20-17-7-6-14(12-19-17)25(22,23)21-8-10-24-11-9-21/h2-7,12-13H,8-11H2,1H3,(H,19,20)/t13-/m1/s1. The zero-order valence-electron chi connectivity index (χ0n) is 13.9. The Morgan fingerprint density at radius 1 is 1.20 bits per heavy atom. The number of nitrogens with zero attached hydrogens (tertiary/aromatic N) is 2. The molecule has 1 fully saturated rings. The quantitative estimate of drug-likeness (QED) is 0.862. The Morgan fingerprint density at radius 3 is 2.56 bits per heavy atom. The molecule has 1 aromatic heterocycles. The molecule has 2 aromatic rings. The molecule has 0 spiro atoms. The van der Waals surface area contributed by atoms with E-state index in [-0.39, 0.29) is 10.9 Å². The summed E-state index contributed by atoms with van der Waals surface area (Å²) in [7, 11) is -3.52. The number of sulfonamides is 1. The van der Waals surface area contributed by atoms with Crippen LogP contribution >= 0.6 is 11.6 Å². The molecule has 1 aromatic carbocycles. The van der Waals surface area contributed by atoms with Crippen LogP contribution in [0.25, 0.3) is 0 Å². The lowest BCUT2D eigenvalue weighted by atomic mass is 10.1. The van der Waals surface area contributed by atoms with Crippen LogP contribution in [0.1, 0.15) is 18.5 Å². The number of hydrogen-bond acceptors (Lipinski definition) is 5. The third-order valence-corrected chi connectivity index (χ3v) is 6.31. The normalized spacial score (nSPS) is 17.2. The first kappa shape index (κ1) is 18.1. The van der Waals surface area contributed by atoms with Gasteiger partial charge in [0.15, 0.2) is 0 Å². The number of anilines is 1. The molecule has 1 aliphatic heterocycles. The van der Waals surface area contributed by atoms with Gasteiger partial charge in [0, 0.05) is 24.3 Å². The van der Waals surface area contributed by atoms with E-state index in [1.807, 2.05) is 31.2 Å². The second-order valence-electron chi connectivity index (χ2n) is 5.78. The molecule has 1 aliphatic rings. The van der Waals surface area contributed by atoms with Crippen molar-refractivity contribution >= 4 is 27.4 Å². The van der Waals surface area contributed by atoms with Crippen LogP contribution in [0.15, 0.2) is 47.5 Å². The number of hydrogen-bond donors (Lipinski definition) is 1. The Bertz CT molecular complexity index is 821. The minimum atomic E-state index is -3.52. The number of rotatable bonds is 5. The van der Waals surface area contributed by atoms with Crippen molar-refractivity contribution in [3.05, 3.63) is 53.2 Å². The topological polar surface area (TPSA) is 71.5 Å². The number of ether oxygens (including phenoxy) is 1. The summed E-state index contributed by atoms with van der Waals surface area (Å²) < 4.78 is 31.8. The van der Waals surface area contributed by atoms with Gasteiger partial charge in [-0.2, -0.15) is 4.31 Å². The highest BCUT2D eigenvalue weighted by Crippen LogP contribution is 2.25. The first-order chi connectivity index (χ1) is 12.0. The Hall–Kier alpha value is -1.67. The maximum absolute atomic E-state index is 12.6. The van der Waals surface area contributed by atoms with E-state index in [1.54, 1.807) is 12.1 Å². The summed E-state index contributed by atoms with van der Waals surface area (Å²) in [6.45, 7) is 3.54. The van der Waals surface area contributed by atoms with E-state index in [1.165, 1.54) is 10.5 Å². The second-order valence-corrected chi connectivity index (χ2v) is 8.13. The molecule has 8 heteroatoms. The van der Waals surface area contributed by atoms with Crippen LogP contribution in [0.3, 0.4) is 0 Å². The third kappa shape index (κ3) is 4.12. The monoisotopic (exact) mass is 381 g/mol. The molecule has 25 heavy (non-hydrogen) atoms. The van der Waals surface area contributed by atoms with Crippen LogP contribution in [-0.4, -0.2) is 44.0 Å². The Labute approximate surface area is 152 Å². The number of nitrogens with one attached hydrogen (secondary N) is 1. The van der Waals surface area contributed by atoms with Crippen LogP contribution in [-0.2, 0) is 14.8 Å². The lowest BCUT2D eigenvalue weighted by Crippen LogP contribution is -2.40. The molecular formula is C17H20ClN3O3S. The molecule has 6 nitrogen and oxygen atoms in total. The molecule has 0 amide bonds. The van der Waals surface area contributed by atoms with Crippen LogP contribution in [0, 0.1) is 0 Å². The number of halogens is 1. The molecule has 134 valence electrons. The highest BCUT2D eigenvalue weighted by Gasteiger charge is 2.26. The number of pyridine rings is 1. The van der Waals surface area contributed by atoms with Crippen LogP contribution < -0.4 is 5.32 Å². The van der Waals surface area contributed by atoms with Crippen molar-refractivity contribution < 1.29 is 13.2 Å². The summed E-state index contributed by atoms with van der Waals surface area (Å²) in [5, 5.41) is 3.91. The highest BCUT2D eigenvalue weighted by molar-refractivity contribution is 7.89. The molecule has 0 bridgehead atoms. The Balaban J connectivity index is 1.73. The number of morpholine rings is 1. The minimum Gasteiger partial charge on any atom is -0.379 e. The van der Waals surface area contributed by atoms with Crippen LogP contribution in [0.2, 0.25) is 5.02 Å². The zero-order chi connectivity index (χ0) is 17.9. The van der Waals surface area contributed by atoms with Crippen molar-refractivity contribution in [2.45, 2.75) is 17.9 Å². The van der Waals surface area contributed by atoms with Gasteiger partial charge in [-0.15, -0.1) is 0 Å². The predicted octanol–water partition coefficient (Wildman–Crippen LogP) is 2.93. The third-order valence-electron chi connectivity index (χ3n) is 4.08. The molecule has 0 saturated carbocycles. The molecule has 2 heterocycles. The molecule has 0 unspecified atom stereocenters. The van der Waals surface area contributed by atoms with Gasteiger partial charge in [0.2, 0.25) is 10.0 Å². The van der Waals surface area contributed by atoms with Gasteiger partial charge in [-0.25, -0.2) is 13.4 Å². The molecule has 0 radical (unpaired) electrons. The maximum atomic E-state index is 12.6. The van der Waals surface area contributed by atoms with Crippen molar-refractivity contribution in [3.8, 4) is 0 Å². The van der Waals surface area contributed by atoms with Gasteiger partial charge in [-0.3, -0.25) is 0 Å². The second kappa shape index (κ2) is 7.70. The first-order valence-electron chi connectivity index (χ1n) is 8.03. The highest BCUT2D eigenvalue weighted by atomic mass is 35.5. The summed E-state index contributed by atoms with van der Waals surface area (Å²) >= 11 is 6.20. The van der Waals surface area contributed by atoms with E-state index < -0.39 is 10.0 Å². The number of aromatic nitrogens is 1. The van der Waals surface area contributed by atoms with E-state index >= 15 is 0 Å². The predicted molar refractivity (Wildman–Crippen MR) is 97.3 cm³/mol. The van der Waals surface area contributed by atoms with Crippen LogP contribution in [0.5, 0.6) is 0 Å². The van der Waals surface area contributed by atoms with Gasteiger partial charge in [0.25, 0.3) is 0 Å². The fourth-order valence-electron chi connectivity index (χ4n) is 2.68. The van der Waals surface area contributed by atoms with Crippen molar-refractivity contribution in [1.82, 2.24) is 9.29 Å². The fraction of sp³-hybridized carbons (Fsp3) is 0.353. The molecule has 1 atom stereocenters. The molecular weight excluding hydrogens is 362 g/mol. The van der Waals surface area contributed by atoms with E-state index in [0.29, 0.717) is 37.1 Å². The summed E-state index contributed by atoms with van der Waals surface area (Å²) in [5.41, 5.74) is 0.955. The van der Waals surface area contributed by atoms with Crippen molar-refractivity contribution in [3.63, 3.8) is 0 Å². The first-order valence-corrected chi connectivity index (χ1v) is 9.85. The molecule has 0 aliphatic carbocycles. The summed E-state index contributed by atoms with van der Waals surface area (Å²) in [4.78, 5) is 4.43. The van der Waals surface area contributed by atoms with Gasteiger partial charge in [-0.05, 0) is 30.7 Å². The van der Waals surface area contributed by atoms with Gasteiger partial charge in [0.1, 0.15) is 10.7 Å².